The first-order valence-corrected chi connectivity index (χ1v) is 5.66. The second-order valence-electron chi connectivity index (χ2n) is 4.70. The van der Waals surface area contributed by atoms with Gasteiger partial charge in [-0.15, -0.1) is 0 Å². The lowest BCUT2D eigenvalue weighted by atomic mass is 9.94. The summed E-state index contributed by atoms with van der Waals surface area (Å²) < 4.78 is 1.49. The Kier molecular flexibility index (Phi) is 4.05. The van der Waals surface area contributed by atoms with E-state index in [1.54, 1.807) is 14.0 Å². The summed E-state index contributed by atoms with van der Waals surface area (Å²) in [6, 6.07) is 0. The third-order valence-corrected chi connectivity index (χ3v) is 2.85. The van der Waals surface area contributed by atoms with Crippen molar-refractivity contribution in [1.82, 2.24) is 9.55 Å². The standard InChI is InChI=1S/C11H17N3O4/c1-6(2)5-8(11(15)16)9-10(14(17)18)12-7(3)13(9)4/h6,8H,5H2,1-4H3,(H,15,16). The number of hydrogen-bond acceptors (Lipinski definition) is 4. The van der Waals surface area contributed by atoms with Crippen molar-refractivity contribution in [3.63, 3.8) is 0 Å². The number of carbonyl (C=O) groups is 1. The average Bonchev–Trinajstić information content (AvgIpc) is 2.52. The summed E-state index contributed by atoms with van der Waals surface area (Å²) in [6.45, 7) is 5.38. The fourth-order valence-corrected chi connectivity index (χ4v) is 1.93. The highest BCUT2D eigenvalue weighted by Gasteiger charge is 2.34. The van der Waals surface area contributed by atoms with Crippen molar-refractivity contribution >= 4 is 11.8 Å². The Morgan fingerprint density at radius 1 is 1.56 bits per heavy atom. The Labute approximate surface area is 105 Å². The van der Waals surface area contributed by atoms with Gasteiger partial charge in [-0.2, -0.15) is 0 Å². The molecule has 0 aliphatic carbocycles. The first-order chi connectivity index (χ1) is 8.25. The minimum atomic E-state index is -1.06. The molecule has 1 N–H and O–H groups in total. The van der Waals surface area contributed by atoms with Crippen molar-refractivity contribution in [2.24, 2.45) is 13.0 Å². The van der Waals surface area contributed by atoms with Gasteiger partial charge in [-0.05, 0) is 22.2 Å². The molecule has 0 aliphatic heterocycles. The predicted molar refractivity (Wildman–Crippen MR) is 64.4 cm³/mol. The van der Waals surface area contributed by atoms with Crippen molar-refractivity contribution in [3.05, 3.63) is 21.6 Å². The van der Waals surface area contributed by atoms with Gasteiger partial charge in [-0.1, -0.05) is 13.8 Å². The minimum absolute atomic E-state index is 0.126. The summed E-state index contributed by atoms with van der Waals surface area (Å²) in [6.07, 6.45) is 0.342. The number of nitrogens with zero attached hydrogens (tertiary/aromatic N) is 3. The van der Waals surface area contributed by atoms with Gasteiger partial charge in [0.25, 0.3) is 0 Å². The normalized spacial score (nSPS) is 12.7. The largest absolute Gasteiger partial charge is 0.481 e. The van der Waals surface area contributed by atoms with Gasteiger partial charge in [0, 0.05) is 14.0 Å². The van der Waals surface area contributed by atoms with E-state index in [0.717, 1.165) is 0 Å². The van der Waals surface area contributed by atoms with E-state index in [4.69, 9.17) is 0 Å². The van der Waals surface area contributed by atoms with E-state index in [9.17, 15) is 20.0 Å². The minimum Gasteiger partial charge on any atom is -0.481 e. The summed E-state index contributed by atoms with van der Waals surface area (Å²) in [7, 11) is 1.60. The maximum Gasteiger partial charge on any atom is 0.386 e. The van der Waals surface area contributed by atoms with E-state index < -0.39 is 16.8 Å². The molecule has 1 rings (SSSR count). The van der Waals surface area contributed by atoms with Crippen LogP contribution in [-0.2, 0) is 11.8 Å². The van der Waals surface area contributed by atoms with Crippen LogP contribution >= 0.6 is 0 Å². The molecule has 0 aliphatic rings. The molecule has 1 unspecified atom stereocenters. The number of carboxylic acids is 1. The Balaban J connectivity index is 3.35. The van der Waals surface area contributed by atoms with Gasteiger partial charge >= 0.3 is 11.8 Å². The van der Waals surface area contributed by atoms with Crippen molar-refractivity contribution < 1.29 is 14.8 Å². The van der Waals surface area contributed by atoms with E-state index in [2.05, 4.69) is 4.98 Å². The maximum absolute atomic E-state index is 11.3. The summed E-state index contributed by atoms with van der Waals surface area (Å²) in [5.41, 5.74) is 0.165. The van der Waals surface area contributed by atoms with Crippen LogP contribution in [-0.4, -0.2) is 25.6 Å². The average molecular weight is 255 g/mol. The summed E-state index contributed by atoms with van der Waals surface area (Å²) in [4.78, 5) is 25.4. The lowest BCUT2D eigenvalue weighted by Gasteiger charge is -2.14. The Bertz CT molecular complexity index is 479. The molecule has 0 spiro atoms. The molecule has 1 atom stereocenters. The van der Waals surface area contributed by atoms with Gasteiger partial charge in [-0.3, -0.25) is 4.79 Å². The van der Waals surface area contributed by atoms with Crippen LogP contribution in [0.2, 0.25) is 0 Å². The van der Waals surface area contributed by atoms with Crippen LogP contribution in [0.5, 0.6) is 0 Å². The quantitative estimate of drug-likeness (QED) is 0.639. The number of imidazole rings is 1. The highest BCUT2D eigenvalue weighted by atomic mass is 16.6. The molecule has 0 saturated carbocycles. The lowest BCUT2D eigenvalue weighted by molar-refractivity contribution is -0.390. The van der Waals surface area contributed by atoms with Crippen molar-refractivity contribution in [2.45, 2.75) is 33.1 Å². The molecule has 1 aromatic rings. The molecule has 0 radical (unpaired) electrons. The summed E-state index contributed by atoms with van der Waals surface area (Å²) in [5.74, 6) is -1.76. The molecular formula is C11H17N3O4. The summed E-state index contributed by atoms with van der Waals surface area (Å²) in [5, 5.41) is 20.2. The molecular weight excluding hydrogens is 238 g/mol. The highest BCUT2D eigenvalue weighted by Crippen LogP contribution is 2.31. The van der Waals surface area contributed by atoms with E-state index in [1.807, 2.05) is 13.8 Å². The highest BCUT2D eigenvalue weighted by molar-refractivity contribution is 5.76. The number of aromatic nitrogens is 2. The van der Waals surface area contributed by atoms with Gasteiger partial charge in [0.05, 0.1) is 0 Å². The molecule has 7 nitrogen and oxygen atoms in total. The van der Waals surface area contributed by atoms with Crippen molar-refractivity contribution in [1.29, 1.82) is 0 Å². The molecule has 0 aromatic carbocycles. The zero-order chi connectivity index (χ0) is 14.0. The zero-order valence-corrected chi connectivity index (χ0v) is 10.9. The van der Waals surface area contributed by atoms with E-state index >= 15 is 0 Å². The predicted octanol–water partition coefficient (Wildman–Crippen LogP) is 1.85. The van der Waals surface area contributed by atoms with Crippen molar-refractivity contribution in [2.75, 3.05) is 0 Å². The van der Waals surface area contributed by atoms with Crippen LogP contribution in [0.4, 0.5) is 5.82 Å². The third-order valence-electron chi connectivity index (χ3n) is 2.85. The second-order valence-corrected chi connectivity index (χ2v) is 4.70. The van der Waals surface area contributed by atoms with Crippen molar-refractivity contribution in [3.8, 4) is 0 Å². The fraction of sp³-hybridized carbons (Fsp3) is 0.636. The molecule has 1 heterocycles. The molecule has 18 heavy (non-hydrogen) atoms. The first-order valence-electron chi connectivity index (χ1n) is 5.66. The maximum atomic E-state index is 11.3. The van der Waals surface area contributed by atoms with Gasteiger partial charge in [0.2, 0.25) is 5.82 Å². The van der Waals surface area contributed by atoms with Crippen LogP contribution in [0.3, 0.4) is 0 Å². The van der Waals surface area contributed by atoms with Gasteiger partial charge in [-0.25, -0.2) is 0 Å². The topological polar surface area (TPSA) is 98.3 Å². The third kappa shape index (κ3) is 2.66. The smallest absolute Gasteiger partial charge is 0.386 e. The SMILES string of the molecule is Cc1nc([N+](=O)[O-])c(C(CC(C)C)C(=O)O)n1C. The monoisotopic (exact) mass is 255 g/mol. The molecule has 0 saturated heterocycles. The number of aliphatic carboxylic acids is 1. The van der Waals surface area contributed by atoms with Gasteiger partial charge < -0.3 is 19.8 Å². The Hall–Kier alpha value is -1.92. The fourth-order valence-electron chi connectivity index (χ4n) is 1.93. The summed E-state index contributed by atoms with van der Waals surface area (Å²) >= 11 is 0. The van der Waals surface area contributed by atoms with Gasteiger partial charge in [0.1, 0.15) is 11.6 Å². The van der Waals surface area contributed by atoms with Crippen LogP contribution in [0.25, 0.3) is 0 Å². The van der Waals surface area contributed by atoms with E-state index in [1.165, 1.54) is 4.57 Å². The molecule has 7 heteroatoms. The zero-order valence-electron chi connectivity index (χ0n) is 10.9. The van der Waals surface area contributed by atoms with Crippen LogP contribution in [0.15, 0.2) is 0 Å². The lowest BCUT2D eigenvalue weighted by Crippen LogP contribution is -2.18. The molecule has 0 bridgehead atoms. The van der Waals surface area contributed by atoms with E-state index in [0.29, 0.717) is 12.2 Å². The second kappa shape index (κ2) is 5.16. The Morgan fingerprint density at radius 3 is 2.50 bits per heavy atom. The van der Waals surface area contributed by atoms with Crippen LogP contribution < -0.4 is 0 Å². The number of carboxylic acid groups (broad SMARTS) is 1. The number of rotatable bonds is 5. The van der Waals surface area contributed by atoms with Crippen LogP contribution in [0.1, 0.15) is 37.7 Å². The van der Waals surface area contributed by atoms with Crippen LogP contribution in [0, 0.1) is 23.0 Å². The molecule has 100 valence electrons. The Morgan fingerprint density at radius 2 is 2.11 bits per heavy atom. The van der Waals surface area contributed by atoms with E-state index in [-0.39, 0.29) is 17.4 Å². The van der Waals surface area contributed by atoms with Gasteiger partial charge in [0.15, 0.2) is 0 Å². The number of hydrogen-bond donors (Lipinski definition) is 1. The molecule has 0 fully saturated rings. The number of nitro groups is 1. The molecule has 0 amide bonds. The molecule has 1 aromatic heterocycles. The number of aryl methyl sites for hydroxylation is 1. The first kappa shape index (κ1) is 14.1.